The van der Waals surface area contributed by atoms with Gasteiger partial charge in [-0.3, -0.25) is 4.79 Å². The molecular formula is C21H24N4O2. The van der Waals surface area contributed by atoms with Crippen LogP contribution >= 0.6 is 0 Å². The summed E-state index contributed by atoms with van der Waals surface area (Å²) >= 11 is 0. The average Bonchev–Trinajstić information content (AvgIpc) is 2.97. The highest BCUT2D eigenvalue weighted by Gasteiger charge is 2.18. The van der Waals surface area contributed by atoms with Crippen molar-refractivity contribution in [3.63, 3.8) is 0 Å². The van der Waals surface area contributed by atoms with Crippen molar-refractivity contribution in [2.75, 3.05) is 6.61 Å². The molecule has 1 amide bonds. The summed E-state index contributed by atoms with van der Waals surface area (Å²) in [5.41, 5.74) is 3.66. The Hall–Kier alpha value is -2.99. The van der Waals surface area contributed by atoms with Gasteiger partial charge in [-0.05, 0) is 38.0 Å². The third-order valence-electron chi connectivity index (χ3n) is 4.56. The Morgan fingerprint density at radius 3 is 2.56 bits per heavy atom. The number of carbonyl (C=O) groups is 1. The molecule has 3 aromatic rings. The largest absolute Gasteiger partial charge is 0.394 e. The number of hydrogen-bond donors (Lipinski definition) is 2. The lowest BCUT2D eigenvalue weighted by Crippen LogP contribution is -2.40. The fourth-order valence-electron chi connectivity index (χ4n) is 3.13. The summed E-state index contributed by atoms with van der Waals surface area (Å²) in [6, 6.07) is 15.1. The van der Waals surface area contributed by atoms with E-state index in [0.29, 0.717) is 6.42 Å². The van der Waals surface area contributed by atoms with E-state index in [1.165, 1.54) is 0 Å². The molecule has 1 atom stereocenters. The van der Waals surface area contributed by atoms with Gasteiger partial charge in [-0.15, -0.1) is 0 Å². The minimum atomic E-state index is -0.314. The minimum absolute atomic E-state index is 0.105. The number of aromatic nitrogens is 3. The fourth-order valence-corrected chi connectivity index (χ4v) is 3.13. The lowest BCUT2D eigenvalue weighted by molar-refractivity contribution is -0.121. The average molecular weight is 364 g/mol. The highest BCUT2D eigenvalue weighted by molar-refractivity contribution is 5.79. The van der Waals surface area contributed by atoms with Crippen LogP contribution < -0.4 is 5.32 Å². The van der Waals surface area contributed by atoms with E-state index < -0.39 is 0 Å². The van der Waals surface area contributed by atoms with Crippen LogP contribution in [0.3, 0.4) is 0 Å². The van der Waals surface area contributed by atoms with Crippen molar-refractivity contribution in [1.82, 2.24) is 20.1 Å². The van der Waals surface area contributed by atoms with E-state index >= 15 is 0 Å². The normalized spacial score (nSPS) is 12.0. The standard InChI is InChI=1S/C21H24N4O2/c1-15-19(16(2)25(24-15)20-10-6-7-11-22-20)13-21(27)23-18(14-26)12-17-8-4-3-5-9-17/h3-11,18,26H,12-14H2,1-2H3,(H,23,27). The zero-order valence-corrected chi connectivity index (χ0v) is 15.6. The molecule has 2 heterocycles. The summed E-state index contributed by atoms with van der Waals surface area (Å²) in [6.45, 7) is 3.72. The van der Waals surface area contributed by atoms with Gasteiger partial charge in [0.15, 0.2) is 5.82 Å². The third kappa shape index (κ3) is 4.60. The number of amides is 1. The van der Waals surface area contributed by atoms with Gasteiger partial charge in [0.25, 0.3) is 0 Å². The highest BCUT2D eigenvalue weighted by Crippen LogP contribution is 2.17. The molecule has 1 aromatic carbocycles. The van der Waals surface area contributed by atoms with Crippen molar-refractivity contribution in [2.45, 2.75) is 32.7 Å². The van der Waals surface area contributed by atoms with Crippen LogP contribution in [0.4, 0.5) is 0 Å². The van der Waals surface area contributed by atoms with Gasteiger partial charge in [0.05, 0.1) is 24.8 Å². The zero-order chi connectivity index (χ0) is 19.2. The molecular weight excluding hydrogens is 340 g/mol. The van der Waals surface area contributed by atoms with E-state index in [2.05, 4.69) is 15.4 Å². The number of carbonyl (C=O) groups excluding carboxylic acids is 1. The van der Waals surface area contributed by atoms with E-state index in [-0.39, 0.29) is 25.0 Å². The molecule has 2 aromatic heterocycles. The number of hydrogen-bond acceptors (Lipinski definition) is 4. The number of nitrogens with one attached hydrogen (secondary N) is 1. The molecule has 6 nitrogen and oxygen atoms in total. The fraction of sp³-hybridized carbons (Fsp3) is 0.286. The number of pyridine rings is 1. The number of nitrogens with zero attached hydrogens (tertiary/aromatic N) is 3. The monoisotopic (exact) mass is 364 g/mol. The van der Waals surface area contributed by atoms with E-state index in [0.717, 1.165) is 28.3 Å². The van der Waals surface area contributed by atoms with Gasteiger partial charge in [0.2, 0.25) is 5.91 Å². The van der Waals surface area contributed by atoms with Crippen molar-refractivity contribution >= 4 is 5.91 Å². The van der Waals surface area contributed by atoms with E-state index in [9.17, 15) is 9.90 Å². The molecule has 0 bridgehead atoms. The van der Waals surface area contributed by atoms with E-state index in [1.807, 2.05) is 62.4 Å². The summed E-state index contributed by atoms with van der Waals surface area (Å²) in [7, 11) is 0. The first-order valence-electron chi connectivity index (χ1n) is 8.99. The SMILES string of the molecule is Cc1nn(-c2ccccn2)c(C)c1CC(=O)NC(CO)Cc1ccccc1. The summed E-state index contributed by atoms with van der Waals surface area (Å²) in [6.07, 6.45) is 2.53. The molecule has 0 fully saturated rings. The molecule has 0 aliphatic carbocycles. The Kier molecular flexibility index (Phi) is 5.98. The number of aliphatic hydroxyl groups excluding tert-OH is 1. The van der Waals surface area contributed by atoms with Crippen molar-refractivity contribution in [3.05, 3.63) is 77.2 Å². The van der Waals surface area contributed by atoms with Crippen LogP contribution in [0, 0.1) is 13.8 Å². The quantitative estimate of drug-likeness (QED) is 0.673. The molecule has 0 aliphatic heterocycles. The second-order valence-corrected chi connectivity index (χ2v) is 6.56. The van der Waals surface area contributed by atoms with E-state index in [1.54, 1.807) is 10.9 Å². The number of aliphatic hydroxyl groups is 1. The van der Waals surface area contributed by atoms with Gasteiger partial charge < -0.3 is 10.4 Å². The van der Waals surface area contributed by atoms with Gasteiger partial charge >= 0.3 is 0 Å². The number of aryl methyl sites for hydroxylation is 1. The lowest BCUT2D eigenvalue weighted by atomic mass is 10.1. The van der Waals surface area contributed by atoms with Crippen LogP contribution in [0.5, 0.6) is 0 Å². The summed E-state index contributed by atoms with van der Waals surface area (Å²) in [5.74, 6) is 0.596. The van der Waals surface area contributed by atoms with Crippen molar-refractivity contribution in [2.24, 2.45) is 0 Å². The van der Waals surface area contributed by atoms with Gasteiger partial charge in [0, 0.05) is 17.5 Å². The summed E-state index contributed by atoms with van der Waals surface area (Å²) in [5, 5.41) is 17.1. The second-order valence-electron chi connectivity index (χ2n) is 6.56. The maximum Gasteiger partial charge on any atom is 0.224 e. The Bertz CT molecular complexity index is 891. The topological polar surface area (TPSA) is 80.0 Å². The Morgan fingerprint density at radius 1 is 1.15 bits per heavy atom. The second kappa shape index (κ2) is 8.60. The predicted molar refractivity (Wildman–Crippen MR) is 104 cm³/mol. The van der Waals surface area contributed by atoms with Gasteiger partial charge in [0.1, 0.15) is 0 Å². The molecule has 0 saturated heterocycles. The van der Waals surface area contributed by atoms with Crippen LogP contribution in [-0.4, -0.2) is 38.4 Å². The third-order valence-corrected chi connectivity index (χ3v) is 4.56. The first-order valence-corrected chi connectivity index (χ1v) is 8.99. The first kappa shape index (κ1) is 18.8. The number of rotatable bonds is 7. The van der Waals surface area contributed by atoms with Crippen LogP contribution in [0.1, 0.15) is 22.5 Å². The summed E-state index contributed by atoms with van der Waals surface area (Å²) < 4.78 is 1.76. The zero-order valence-electron chi connectivity index (χ0n) is 15.6. The van der Waals surface area contributed by atoms with Gasteiger partial charge in [-0.2, -0.15) is 5.10 Å². The Balaban J connectivity index is 1.69. The predicted octanol–water partition coefficient (Wildman–Crippen LogP) is 2.15. The van der Waals surface area contributed by atoms with Crippen molar-refractivity contribution < 1.29 is 9.90 Å². The maximum atomic E-state index is 12.5. The highest BCUT2D eigenvalue weighted by atomic mass is 16.3. The van der Waals surface area contributed by atoms with Gasteiger partial charge in [-0.25, -0.2) is 9.67 Å². The molecule has 140 valence electrons. The van der Waals surface area contributed by atoms with Crippen LogP contribution in [-0.2, 0) is 17.6 Å². The number of benzene rings is 1. The van der Waals surface area contributed by atoms with Crippen LogP contribution in [0.25, 0.3) is 5.82 Å². The molecule has 6 heteroatoms. The summed E-state index contributed by atoms with van der Waals surface area (Å²) in [4.78, 5) is 16.9. The van der Waals surface area contributed by atoms with Crippen molar-refractivity contribution in [1.29, 1.82) is 0 Å². The molecule has 1 unspecified atom stereocenters. The molecule has 0 saturated carbocycles. The van der Waals surface area contributed by atoms with Crippen LogP contribution in [0.2, 0.25) is 0 Å². The molecule has 3 rings (SSSR count). The molecule has 27 heavy (non-hydrogen) atoms. The lowest BCUT2D eigenvalue weighted by Gasteiger charge is -2.16. The Labute approximate surface area is 158 Å². The molecule has 2 N–H and O–H groups in total. The Morgan fingerprint density at radius 2 is 1.89 bits per heavy atom. The van der Waals surface area contributed by atoms with E-state index in [4.69, 9.17) is 0 Å². The smallest absolute Gasteiger partial charge is 0.224 e. The van der Waals surface area contributed by atoms with Crippen LogP contribution in [0.15, 0.2) is 54.7 Å². The van der Waals surface area contributed by atoms with Crippen molar-refractivity contribution in [3.8, 4) is 5.82 Å². The minimum Gasteiger partial charge on any atom is -0.394 e. The molecule has 0 spiro atoms. The molecule has 0 aliphatic rings. The van der Waals surface area contributed by atoms with Gasteiger partial charge in [-0.1, -0.05) is 36.4 Å². The molecule has 0 radical (unpaired) electrons. The maximum absolute atomic E-state index is 12.5. The first-order chi connectivity index (χ1) is 13.1.